The number of hydrogen-bond acceptors (Lipinski definition) is 7. The normalized spacial score (nSPS) is 19.9. The van der Waals surface area contributed by atoms with E-state index < -0.39 is 33.6 Å². The Labute approximate surface area is 274 Å². The van der Waals surface area contributed by atoms with Crippen LogP contribution in [0.2, 0.25) is 0 Å². The van der Waals surface area contributed by atoms with Gasteiger partial charge in [0.25, 0.3) is 5.69 Å². The molecule has 1 N–H and O–H groups in total. The van der Waals surface area contributed by atoms with Crippen LogP contribution < -0.4 is 26.9 Å². The van der Waals surface area contributed by atoms with Gasteiger partial charge in [-0.05, 0) is 28.8 Å². The minimum atomic E-state index is -0.896. The van der Waals surface area contributed by atoms with Crippen LogP contribution in [-0.4, -0.2) is 45.1 Å². The zero-order valence-electron chi connectivity index (χ0n) is 23.9. The number of pyridine rings is 1. The summed E-state index contributed by atoms with van der Waals surface area (Å²) in [5, 5.41) is 13.0. The molecule has 45 heavy (non-hydrogen) atoms. The van der Waals surface area contributed by atoms with Crippen LogP contribution in [0, 0.1) is 10.1 Å². The van der Waals surface area contributed by atoms with Crippen molar-refractivity contribution in [3.63, 3.8) is 0 Å². The molecule has 2 aliphatic rings. The van der Waals surface area contributed by atoms with Gasteiger partial charge in [0, 0.05) is 29.8 Å². The number of hydrogen-bond donors (Lipinski definition) is 1. The maximum absolute atomic E-state index is 13.6. The first-order valence-corrected chi connectivity index (χ1v) is 15.1. The number of amides is 2. The van der Waals surface area contributed by atoms with E-state index in [4.69, 9.17) is 4.74 Å². The Morgan fingerprint density at radius 3 is 2.20 bits per heavy atom. The van der Waals surface area contributed by atoms with Gasteiger partial charge in [-0.15, -0.1) is 11.8 Å². The van der Waals surface area contributed by atoms with Gasteiger partial charge in [-0.3, -0.25) is 19.7 Å². The zero-order valence-corrected chi connectivity index (χ0v) is 26.3. The lowest BCUT2D eigenvalue weighted by molar-refractivity contribution is -0.688. The van der Waals surface area contributed by atoms with E-state index in [0.717, 1.165) is 16.7 Å². The number of fused-ring (bicyclic) bond motifs is 1. The summed E-state index contributed by atoms with van der Waals surface area (Å²) in [6, 6.07) is 27.2. The molecule has 4 aromatic rings. The maximum atomic E-state index is 13.6. The van der Waals surface area contributed by atoms with Crippen molar-refractivity contribution in [3.05, 3.63) is 142 Å². The third-order valence-corrected chi connectivity index (χ3v) is 9.30. The second kappa shape index (κ2) is 14.0. The number of rotatable bonds is 10. The fraction of sp³-hybridized carbons (Fsp3) is 0.212. The van der Waals surface area contributed by atoms with Crippen LogP contribution in [0.3, 0.4) is 0 Å². The lowest BCUT2D eigenvalue weighted by atomic mass is 9.97. The number of ether oxygens (including phenoxy) is 1. The maximum Gasteiger partial charge on any atom is 0.330 e. The molecule has 0 radical (unpaired) electrons. The number of nitro benzene ring substituents is 1. The van der Waals surface area contributed by atoms with Crippen molar-refractivity contribution >= 4 is 35.2 Å². The average Bonchev–Trinajstić information content (AvgIpc) is 3.40. The van der Waals surface area contributed by atoms with Gasteiger partial charge in [0.05, 0.1) is 16.6 Å². The minimum Gasteiger partial charge on any atom is -1.00 e. The molecule has 0 saturated carbocycles. The predicted octanol–water partition coefficient (Wildman–Crippen LogP) is 0.730. The molecule has 2 fully saturated rings. The number of β-lactam (4-membered cyclic amide) rings is 1. The van der Waals surface area contributed by atoms with Crippen LogP contribution in [0.1, 0.15) is 27.5 Å². The first kappa shape index (κ1) is 31.9. The van der Waals surface area contributed by atoms with Crippen LogP contribution >= 0.6 is 11.8 Å². The van der Waals surface area contributed by atoms with Crippen LogP contribution in [-0.2, 0) is 38.7 Å². The number of thioether (sulfide) groups is 1. The molecule has 2 saturated heterocycles. The Balaban J connectivity index is 0.00000400. The third-order valence-electron chi connectivity index (χ3n) is 7.70. The number of benzene rings is 3. The topological polar surface area (TPSA) is 123 Å². The molecule has 10 nitrogen and oxygen atoms in total. The standard InChI is InChI=1S/C33H28N4O6S.BrH/c38-27(19-22-7-3-1-4-8-22)34-28-31(39)36-29(33(40)43-21-24-11-15-26(16-12-24)37(41)42)30(44-32(28)36)25-13-9-23(10-14-25)20-35-17-5-2-6-18-35;/h1-18,28-30,32H,19-21H2;1H/t28-,29-,30+,32-;/m1./s1. The quantitative estimate of drug-likeness (QED) is 0.0857. The van der Waals surface area contributed by atoms with E-state index >= 15 is 0 Å². The van der Waals surface area contributed by atoms with Crippen LogP contribution in [0.25, 0.3) is 0 Å². The van der Waals surface area contributed by atoms with Gasteiger partial charge in [0.1, 0.15) is 24.1 Å². The van der Waals surface area contributed by atoms with Crippen molar-refractivity contribution in [1.29, 1.82) is 0 Å². The predicted molar refractivity (Wildman–Crippen MR) is 162 cm³/mol. The number of nitrogens with one attached hydrogen (secondary N) is 1. The second-order valence-electron chi connectivity index (χ2n) is 10.7. The Morgan fingerprint density at radius 2 is 1.53 bits per heavy atom. The number of halogens is 1. The van der Waals surface area contributed by atoms with E-state index in [0.29, 0.717) is 12.1 Å². The molecule has 4 atom stereocenters. The lowest BCUT2D eigenvalue weighted by Crippen LogP contribution is -3.00. The first-order valence-electron chi connectivity index (χ1n) is 14.1. The number of nitrogens with zero attached hydrogens (tertiary/aromatic N) is 3. The molecule has 230 valence electrons. The van der Waals surface area contributed by atoms with Crippen molar-refractivity contribution in [2.24, 2.45) is 0 Å². The molecule has 0 bridgehead atoms. The Kier molecular flexibility index (Phi) is 9.94. The number of carbonyl (C=O) groups is 3. The molecule has 1 aromatic heterocycles. The molecule has 0 aliphatic carbocycles. The van der Waals surface area contributed by atoms with E-state index in [1.807, 2.05) is 85.2 Å². The van der Waals surface area contributed by atoms with E-state index in [1.54, 1.807) is 0 Å². The molecule has 12 heteroatoms. The highest BCUT2D eigenvalue weighted by molar-refractivity contribution is 8.00. The van der Waals surface area contributed by atoms with Gasteiger partial charge < -0.3 is 31.9 Å². The van der Waals surface area contributed by atoms with Gasteiger partial charge in [0.15, 0.2) is 18.9 Å². The summed E-state index contributed by atoms with van der Waals surface area (Å²) in [4.78, 5) is 51.7. The van der Waals surface area contributed by atoms with Crippen molar-refractivity contribution in [2.45, 2.75) is 42.3 Å². The molecule has 2 aliphatic heterocycles. The highest BCUT2D eigenvalue weighted by Gasteiger charge is 2.61. The van der Waals surface area contributed by atoms with Gasteiger partial charge >= 0.3 is 5.97 Å². The molecule has 0 spiro atoms. The SMILES string of the molecule is O=C(Cc1ccccc1)N[C@@H]1C(=O)N2[C@@H]1S[C@@H](c1ccc(C[n+]3ccccc3)cc1)[C@@H]2C(=O)OCc1ccc([N+](=O)[O-])cc1.[Br-]. The van der Waals surface area contributed by atoms with Crippen molar-refractivity contribution in [3.8, 4) is 0 Å². The van der Waals surface area contributed by atoms with Crippen LogP contribution in [0.15, 0.2) is 109 Å². The summed E-state index contributed by atoms with van der Waals surface area (Å²) in [5.74, 6) is -1.17. The third kappa shape index (κ3) is 7.07. The van der Waals surface area contributed by atoms with E-state index in [1.165, 1.54) is 40.9 Å². The first-order chi connectivity index (χ1) is 21.4. The van der Waals surface area contributed by atoms with Gasteiger partial charge in [-0.2, -0.15) is 0 Å². The summed E-state index contributed by atoms with van der Waals surface area (Å²) in [5.41, 5.74) is 3.32. The van der Waals surface area contributed by atoms with Crippen molar-refractivity contribution in [1.82, 2.24) is 10.2 Å². The molecular formula is C33H29BrN4O6S. The van der Waals surface area contributed by atoms with Gasteiger partial charge in [-0.1, -0.05) is 60.7 Å². The number of nitro groups is 1. The summed E-state index contributed by atoms with van der Waals surface area (Å²) in [7, 11) is 0. The lowest BCUT2D eigenvalue weighted by Gasteiger charge is -2.43. The smallest absolute Gasteiger partial charge is 0.330 e. The summed E-state index contributed by atoms with van der Waals surface area (Å²) >= 11 is 1.46. The van der Waals surface area contributed by atoms with E-state index in [2.05, 4.69) is 9.88 Å². The molecule has 2 amide bonds. The van der Waals surface area contributed by atoms with Gasteiger partial charge in [-0.25, -0.2) is 9.36 Å². The summed E-state index contributed by atoms with van der Waals surface area (Å²) in [6.45, 7) is 0.588. The fourth-order valence-corrected chi connectivity index (χ4v) is 7.16. The summed E-state index contributed by atoms with van der Waals surface area (Å²) < 4.78 is 7.72. The monoisotopic (exact) mass is 688 g/mol. The van der Waals surface area contributed by atoms with Crippen molar-refractivity contribution < 1.29 is 45.6 Å². The van der Waals surface area contributed by atoms with E-state index in [-0.39, 0.29) is 47.5 Å². The van der Waals surface area contributed by atoms with E-state index in [9.17, 15) is 24.5 Å². The summed E-state index contributed by atoms with van der Waals surface area (Å²) in [6.07, 6.45) is 4.12. The highest BCUT2D eigenvalue weighted by Crippen LogP contribution is 2.52. The number of carbonyl (C=O) groups excluding carboxylic acids is 3. The molecule has 6 rings (SSSR count). The largest absolute Gasteiger partial charge is 1.00 e. The molecular weight excluding hydrogens is 660 g/mol. The molecule has 3 heterocycles. The average molecular weight is 690 g/mol. The fourth-order valence-electron chi connectivity index (χ4n) is 5.45. The van der Waals surface area contributed by atoms with Gasteiger partial charge in [0.2, 0.25) is 11.8 Å². The Bertz CT molecular complexity index is 1680. The highest BCUT2D eigenvalue weighted by atomic mass is 79.9. The number of non-ortho nitro benzene ring substituents is 1. The van der Waals surface area contributed by atoms with Crippen LogP contribution in [0.5, 0.6) is 0 Å². The molecule has 3 aromatic carbocycles. The zero-order chi connectivity index (χ0) is 30.6. The molecule has 0 unspecified atom stereocenters. The number of esters is 1. The second-order valence-corrected chi connectivity index (χ2v) is 11.9. The Hall–Kier alpha value is -4.55. The minimum absolute atomic E-state index is 0. The van der Waals surface area contributed by atoms with Crippen molar-refractivity contribution in [2.75, 3.05) is 0 Å². The Morgan fingerprint density at radius 1 is 0.889 bits per heavy atom. The number of aromatic nitrogens is 1. The van der Waals surface area contributed by atoms with Crippen LogP contribution in [0.4, 0.5) is 5.69 Å².